The summed E-state index contributed by atoms with van der Waals surface area (Å²) in [6.07, 6.45) is 0. The molecule has 0 bridgehead atoms. The molecule has 0 aliphatic carbocycles. The molecule has 0 saturated heterocycles. The third kappa shape index (κ3) is 2.76. The second-order valence-corrected chi connectivity index (χ2v) is 5.70. The highest BCUT2D eigenvalue weighted by molar-refractivity contribution is 9.10. The molecular weight excluding hydrogens is 401 g/mol. The fourth-order valence-electron chi connectivity index (χ4n) is 1.90. The summed E-state index contributed by atoms with van der Waals surface area (Å²) >= 11 is 6.13. The molecule has 0 fully saturated rings. The Labute approximate surface area is 130 Å². The summed E-state index contributed by atoms with van der Waals surface area (Å²) in [7, 11) is 0. The summed E-state index contributed by atoms with van der Waals surface area (Å²) in [5.74, 6) is 3.11. The predicted octanol–water partition coefficient (Wildman–Crippen LogP) is 4.18. The monoisotopic (exact) mass is 408 g/mol. The Kier molecular flexibility index (Phi) is 4.85. The van der Waals surface area contributed by atoms with E-state index in [0.29, 0.717) is 4.47 Å². The van der Waals surface area contributed by atoms with Gasteiger partial charge in [0.05, 0.1) is 10.5 Å². The van der Waals surface area contributed by atoms with Crippen LogP contribution in [0.25, 0.3) is 0 Å². The first-order chi connectivity index (χ1) is 9.47. The van der Waals surface area contributed by atoms with Gasteiger partial charge in [0.2, 0.25) is 0 Å². The Morgan fingerprint density at radius 2 is 1.55 bits per heavy atom. The first kappa shape index (κ1) is 15.5. The molecule has 1 atom stereocenters. The van der Waals surface area contributed by atoms with E-state index in [-0.39, 0.29) is 15.6 Å². The van der Waals surface area contributed by atoms with Crippen molar-refractivity contribution < 1.29 is 13.2 Å². The first-order valence-electron chi connectivity index (χ1n) is 5.50. The summed E-state index contributed by atoms with van der Waals surface area (Å²) in [6.45, 7) is 0. The maximum atomic E-state index is 14.1. The fraction of sp³-hybridized carbons (Fsp3) is 0.0769. The molecule has 2 aromatic carbocycles. The lowest BCUT2D eigenvalue weighted by Crippen LogP contribution is -2.31. The molecule has 20 heavy (non-hydrogen) atoms. The zero-order valence-electron chi connectivity index (χ0n) is 9.93. The summed E-state index contributed by atoms with van der Waals surface area (Å²) in [4.78, 5) is 0. The molecule has 2 nitrogen and oxygen atoms in total. The van der Waals surface area contributed by atoms with Crippen molar-refractivity contribution in [2.24, 2.45) is 5.84 Å². The Morgan fingerprint density at radius 1 is 0.900 bits per heavy atom. The SMILES string of the molecule is NNC(c1c(F)cccc1Br)c1c(F)ccc(Br)c1F. The maximum absolute atomic E-state index is 14.1. The topological polar surface area (TPSA) is 38.0 Å². The lowest BCUT2D eigenvalue weighted by atomic mass is 9.97. The van der Waals surface area contributed by atoms with Crippen LogP contribution in [0.2, 0.25) is 0 Å². The van der Waals surface area contributed by atoms with Crippen molar-refractivity contribution in [1.29, 1.82) is 0 Å². The smallest absolute Gasteiger partial charge is 0.145 e. The highest BCUT2D eigenvalue weighted by Gasteiger charge is 2.26. The van der Waals surface area contributed by atoms with Gasteiger partial charge in [-0.25, -0.2) is 18.6 Å². The molecule has 0 amide bonds. The van der Waals surface area contributed by atoms with Crippen LogP contribution in [0.5, 0.6) is 0 Å². The van der Waals surface area contributed by atoms with Crippen molar-refractivity contribution in [2.45, 2.75) is 6.04 Å². The van der Waals surface area contributed by atoms with Gasteiger partial charge in [0.25, 0.3) is 0 Å². The number of nitrogens with two attached hydrogens (primary N) is 1. The molecular formula is C13H9Br2F3N2. The number of halogens is 5. The molecule has 0 aliphatic heterocycles. The number of hydrogen-bond donors (Lipinski definition) is 2. The Hall–Kier alpha value is -0.890. The van der Waals surface area contributed by atoms with Crippen LogP contribution < -0.4 is 11.3 Å². The normalized spacial score (nSPS) is 12.5. The molecule has 0 radical (unpaired) electrons. The van der Waals surface area contributed by atoms with Gasteiger partial charge in [-0.3, -0.25) is 5.84 Å². The van der Waals surface area contributed by atoms with Crippen LogP contribution in [0.15, 0.2) is 39.3 Å². The van der Waals surface area contributed by atoms with Gasteiger partial charge < -0.3 is 0 Å². The summed E-state index contributed by atoms with van der Waals surface area (Å²) in [6, 6.07) is 5.39. The van der Waals surface area contributed by atoms with Gasteiger partial charge in [-0.1, -0.05) is 22.0 Å². The summed E-state index contributed by atoms with van der Waals surface area (Å²) in [5.41, 5.74) is 1.93. The molecule has 0 aromatic heterocycles. The fourth-order valence-corrected chi connectivity index (χ4v) is 2.82. The van der Waals surface area contributed by atoms with E-state index in [0.717, 1.165) is 6.07 Å². The molecule has 0 spiro atoms. The molecule has 106 valence electrons. The van der Waals surface area contributed by atoms with Crippen LogP contribution in [0.1, 0.15) is 17.2 Å². The van der Waals surface area contributed by atoms with E-state index in [1.165, 1.54) is 18.2 Å². The lowest BCUT2D eigenvalue weighted by molar-refractivity contribution is 0.492. The quantitative estimate of drug-likeness (QED) is 0.453. The van der Waals surface area contributed by atoms with Crippen LogP contribution in [0, 0.1) is 17.5 Å². The average molecular weight is 410 g/mol. The van der Waals surface area contributed by atoms with Crippen LogP contribution >= 0.6 is 31.9 Å². The predicted molar refractivity (Wildman–Crippen MR) is 77.3 cm³/mol. The van der Waals surface area contributed by atoms with E-state index in [1.807, 2.05) is 0 Å². The lowest BCUT2D eigenvalue weighted by Gasteiger charge is -2.20. The highest BCUT2D eigenvalue weighted by Crippen LogP contribution is 2.34. The second-order valence-electron chi connectivity index (χ2n) is 3.99. The van der Waals surface area contributed by atoms with Crippen LogP contribution in [-0.4, -0.2) is 0 Å². The van der Waals surface area contributed by atoms with Crippen molar-refractivity contribution in [2.75, 3.05) is 0 Å². The van der Waals surface area contributed by atoms with Crippen molar-refractivity contribution >= 4 is 31.9 Å². The minimum Gasteiger partial charge on any atom is -0.271 e. The Morgan fingerprint density at radius 3 is 2.15 bits per heavy atom. The third-order valence-electron chi connectivity index (χ3n) is 2.82. The number of benzene rings is 2. The van der Waals surface area contributed by atoms with Crippen molar-refractivity contribution in [3.63, 3.8) is 0 Å². The molecule has 0 aliphatic rings. The standard InChI is InChI=1S/C13H9Br2F3N2/c14-6-2-1-3-8(16)10(6)13(20-19)11-9(17)5-4-7(15)12(11)18/h1-5,13,20H,19H2. The summed E-state index contributed by atoms with van der Waals surface area (Å²) < 4.78 is 42.4. The Balaban J connectivity index is 2.68. The van der Waals surface area contributed by atoms with Gasteiger partial charge in [0.15, 0.2) is 0 Å². The molecule has 7 heteroatoms. The van der Waals surface area contributed by atoms with Gasteiger partial charge >= 0.3 is 0 Å². The number of hydrazine groups is 1. The van der Waals surface area contributed by atoms with Crippen molar-refractivity contribution in [3.05, 3.63) is 67.9 Å². The molecule has 2 aromatic rings. The van der Waals surface area contributed by atoms with E-state index < -0.39 is 23.5 Å². The highest BCUT2D eigenvalue weighted by atomic mass is 79.9. The molecule has 1 unspecified atom stereocenters. The van der Waals surface area contributed by atoms with E-state index in [1.54, 1.807) is 6.07 Å². The zero-order valence-corrected chi connectivity index (χ0v) is 13.1. The van der Waals surface area contributed by atoms with Gasteiger partial charge in [0, 0.05) is 15.6 Å². The number of hydrogen-bond acceptors (Lipinski definition) is 2. The van der Waals surface area contributed by atoms with Crippen LogP contribution in [-0.2, 0) is 0 Å². The van der Waals surface area contributed by atoms with E-state index in [9.17, 15) is 13.2 Å². The van der Waals surface area contributed by atoms with Crippen LogP contribution in [0.3, 0.4) is 0 Å². The van der Waals surface area contributed by atoms with Gasteiger partial charge in [-0.15, -0.1) is 0 Å². The molecule has 2 rings (SSSR count). The third-order valence-corrected chi connectivity index (χ3v) is 4.13. The average Bonchev–Trinajstić information content (AvgIpc) is 2.41. The minimum atomic E-state index is -1.16. The largest absolute Gasteiger partial charge is 0.271 e. The van der Waals surface area contributed by atoms with Crippen molar-refractivity contribution in [1.82, 2.24) is 5.43 Å². The van der Waals surface area contributed by atoms with E-state index in [2.05, 4.69) is 37.3 Å². The number of nitrogens with one attached hydrogen (secondary N) is 1. The minimum absolute atomic E-state index is 0.0332. The van der Waals surface area contributed by atoms with Gasteiger partial charge in [0.1, 0.15) is 17.5 Å². The maximum Gasteiger partial charge on any atom is 0.145 e. The molecule has 0 saturated carbocycles. The van der Waals surface area contributed by atoms with Gasteiger partial charge in [-0.2, -0.15) is 0 Å². The van der Waals surface area contributed by atoms with Gasteiger partial charge in [-0.05, 0) is 40.2 Å². The molecule has 0 heterocycles. The zero-order chi connectivity index (χ0) is 14.9. The summed E-state index contributed by atoms with van der Waals surface area (Å²) in [5, 5.41) is 0. The number of rotatable bonds is 3. The first-order valence-corrected chi connectivity index (χ1v) is 7.09. The van der Waals surface area contributed by atoms with E-state index >= 15 is 0 Å². The van der Waals surface area contributed by atoms with Crippen molar-refractivity contribution in [3.8, 4) is 0 Å². The van der Waals surface area contributed by atoms with Crippen LogP contribution in [0.4, 0.5) is 13.2 Å². The second kappa shape index (κ2) is 6.26. The van der Waals surface area contributed by atoms with E-state index in [4.69, 9.17) is 5.84 Å². The Bertz CT molecular complexity index is 630. The molecule has 3 N–H and O–H groups in total.